The zero-order chi connectivity index (χ0) is 13.0. The number of hydrogen-bond acceptors (Lipinski definition) is 4. The smallest absolute Gasteiger partial charge is 0.316 e. The molecule has 1 aromatic carbocycles. The number of carbonyl (C=O) groups excluding carboxylic acids is 3. The van der Waals surface area contributed by atoms with E-state index in [0.717, 1.165) is 5.56 Å². The van der Waals surface area contributed by atoms with E-state index in [4.69, 9.17) is 0 Å². The molecule has 1 aliphatic heterocycles. The van der Waals surface area contributed by atoms with Crippen LogP contribution in [0.5, 0.6) is 0 Å². The number of carbonyl (C=O) groups is 2. The van der Waals surface area contributed by atoms with Gasteiger partial charge in [-0.25, -0.2) is 9.79 Å². The third kappa shape index (κ3) is 2.44. The van der Waals surface area contributed by atoms with E-state index in [0.29, 0.717) is 18.8 Å². The zero-order valence-electron chi connectivity index (χ0n) is 9.55. The topological polar surface area (TPSA) is 78.8 Å². The molecule has 2 rings (SSSR count). The van der Waals surface area contributed by atoms with Gasteiger partial charge in [-0.2, -0.15) is 0 Å². The first-order chi connectivity index (χ1) is 8.72. The minimum Gasteiger partial charge on any atom is -0.346 e. The highest BCUT2D eigenvalue weighted by Gasteiger charge is 2.27. The quantitative estimate of drug-likeness (QED) is 0.462. The molecule has 0 radical (unpaired) electrons. The molecule has 0 bridgehead atoms. The second kappa shape index (κ2) is 5.25. The average Bonchev–Trinajstić information content (AvgIpc) is 2.40. The number of piperazine rings is 1. The molecule has 1 N–H and O–H groups in total. The van der Waals surface area contributed by atoms with Gasteiger partial charge in [0.1, 0.15) is 0 Å². The van der Waals surface area contributed by atoms with E-state index in [2.05, 4.69) is 10.3 Å². The second-order valence-electron chi connectivity index (χ2n) is 3.79. The molecule has 0 spiro atoms. The van der Waals surface area contributed by atoms with Crippen molar-refractivity contribution in [1.29, 1.82) is 0 Å². The molecule has 1 saturated heterocycles. The van der Waals surface area contributed by atoms with Gasteiger partial charge < -0.3 is 10.2 Å². The molecule has 18 heavy (non-hydrogen) atoms. The second-order valence-corrected chi connectivity index (χ2v) is 3.79. The van der Waals surface area contributed by atoms with Gasteiger partial charge in [-0.1, -0.05) is 12.1 Å². The van der Waals surface area contributed by atoms with Crippen molar-refractivity contribution in [3.8, 4) is 0 Å². The molecule has 6 heteroatoms. The van der Waals surface area contributed by atoms with E-state index in [1.54, 1.807) is 24.3 Å². The summed E-state index contributed by atoms with van der Waals surface area (Å²) in [5.41, 5.74) is 1.42. The number of hydrogen-bond donors (Lipinski definition) is 1. The maximum Gasteiger partial charge on any atom is 0.316 e. The van der Waals surface area contributed by atoms with Crippen LogP contribution in [0.15, 0.2) is 29.3 Å². The maximum absolute atomic E-state index is 11.7. The van der Waals surface area contributed by atoms with Crippen LogP contribution in [-0.4, -0.2) is 31.0 Å². The first-order valence-corrected chi connectivity index (χ1v) is 5.44. The van der Waals surface area contributed by atoms with Crippen LogP contribution >= 0.6 is 0 Å². The standard InChI is InChI=1S/C12H11N3O3/c16-8-13-7-9-2-1-3-10(6-9)15-5-4-14-11(17)12(15)18/h1-3,6H,4-5,7H2,(H,14,17). The Bertz CT molecular complexity index is 535. The van der Waals surface area contributed by atoms with Crippen molar-refractivity contribution in [3.63, 3.8) is 0 Å². The molecule has 1 aliphatic rings. The molecule has 1 aromatic rings. The Morgan fingerprint density at radius 1 is 1.39 bits per heavy atom. The van der Waals surface area contributed by atoms with Crippen molar-refractivity contribution < 1.29 is 14.4 Å². The molecule has 0 saturated carbocycles. The van der Waals surface area contributed by atoms with Crippen LogP contribution < -0.4 is 10.2 Å². The van der Waals surface area contributed by atoms with Gasteiger partial charge in [-0.3, -0.25) is 9.59 Å². The van der Waals surface area contributed by atoms with Gasteiger partial charge in [-0.05, 0) is 17.7 Å². The molecular formula is C12H11N3O3. The van der Waals surface area contributed by atoms with E-state index < -0.39 is 11.8 Å². The number of benzene rings is 1. The summed E-state index contributed by atoms with van der Waals surface area (Å²) in [4.78, 5) is 37.9. The van der Waals surface area contributed by atoms with Crippen LogP contribution in [0.4, 0.5) is 5.69 Å². The van der Waals surface area contributed by atoms with E-state index >= 15 is 0 Å². The fourth-order valence-corrected chi connectivity index (χ4v) is 1.77. The largest absolute Gasteiger partial charge is 0.346 e. The lowest BCUT2D eigenvalue weighted by molar-refractivity contribution is -0.138. The highest BCUT2D eigenvalue weighted by molar-refractivity contribution is 6.41. The van der Waals surface area contributed by atoms with Crippen molar-refractivity contribution in [3.05, 3.63) is 29.8 Å². The van der Waals surface area contributed by atoms with E-state index in [1.165, 1.54) is 11.0 Å². The summed E-state index contributed by atoms with van der Waals surface area (Å²) in [6, 6.07) is 7.02. The Morgan fingerprint density at radius 2 is 2.22 bits per heavy atom. The first-order valence-electron chi connectivity index (χ1n) is 5.44. The Labute approximate surface area is 103 Å². The van der Waals surface area contributed by atoms with Gasteiger partial charge in [0.15, 0.2) is 0 Å². The van der Waals surface area contributed by atoms with Gasteiger partial charge in [0.05, 0.1) is 6.54 Å². The SMILES string of the molecule is O=C=NCc1cccc(N2CCNC(=O)C2=O)c1. The summed E-state index contributed by atoms with van der Waals surface area (Å²) in [7, 11) is 0. The summed E-state index contributed by atoms with van der Waals surface area (Å²) in [6.07, 6.45) is 1.46. The summed E-state index contributed by atoms with van der Waals surface area (Å²) in [5.74, 6) is -1.17. The van der Waals surface area contributed by atoms with Crippen LogP contribution in [0.1, 0.15) is 5.56 Å². The summed E-state index contributed by atoms with van der Waals surface area (Å²) < 4.78 is 0. The number of nitrogens with zero attached hydrogens (tertiary/aromatic N) is 2. The fraction of sp³-hybridized carbons (Fsp3) is 0.250. The lowest BCUT2D eigenvalue weighted by atomic mass is 10.1. The Morgan fingerprint density at radius 3 is 3.00 bits per heavy atom. The number of rotatable bonds is 3. The maximum atomic E-state index is 11.7. The van der Waals surface area contributed by atoms with E-state index in [-0.39, 0.29) is 6.54 Å². The third-order valence-electron chi connectivity index (χ3n) is 2.61. The number of isocyanates is 1. The molecule has 0 atom stereocenters. The van der Waals surface area contributed by atoms with Crippen LogP contribution in [0, 0.1) is 0 Å². The molecule has 6 nitrogen and oxygen atoms in total. The van der Waals surface area contributed by atoms with Gasteiger partial charge >= 0.3 is 11.8 Å². The molecule has 92 valence electrons. The highest BCUT2D eigenvalue weighted by Crippen LogP contribution is 2.18. The molecular weight excluding hydrogens is 234 g/mol. The van der Waals surface area contributed by atoms with Crippen LogP contribution in [0.25, 0.3) is 0 Å². The van der Waals surface area contributed by atoms with Crippen molar-refractivity contribution in [2.24, 2.45) is 4.99 Å². The third-order valence-corrected chi connectivity index (χ3v) is 2.61. The van der Waals surface area contributed by atoms with Gasteiger partial charge in [-0.15, -0.1) is 0 Å². The van der Waals surface area contributed by atoms with Gasteiger partial charge in [0, 0.05) is 18.8 Å². The minimum absolute atomic E-state index is 0.214. The molecule has 1 heterocycles. The number of anilines is 1. The predicted molar refractivity (Wildman–Crippen MR) is 63.6 cm³/mol. The lowest BCUT2D eigenvalue weighted by Crippen LogP contribution is -2.52. The monoisotopic (exact) mass is 245 g/mol. The molecule has 2 amide bonds. The van der Waals surface area contributed by atoms with Gasteiger partial charge in [0.25, 0.3) is 0 Å². The highest BCUT2D eigenvalue weighted by atomic mass is 16.2. The summed E-state index contributed by atoms with van der Waals surface area (Å²) >= 11 is 0. The average molecular weight is 245 g/mol. The first kappa shape index (κ1) is 12.0. The molecule has 0 aliphatic carbocycles. The van der Waals surface area contributed by atoms with Crippen LogP contribution in [0.2, 0.25) is 0 Å². The molecule has 0 aromatic heterocycles. The Balaban J connectivity index is 2.24. The summed E-state index contributed by atoms with van der Waals surface area (Å²) in [6.45, 7) is 1.08. The summed E-state index contributed by atoms with van der Waals surface area (Å²) in [5, 5.41) is 2.48. The Kier molecular flexibility index (Phi) is 3.50. The lowest BCUT2D eigenvalue weighted by Gasteiger charge is -2.26. The minimum atomic E-state index is -0.599. The molecule has 1 fully saturated rings. The van der Waals surface area contributed by atoms with Crippen molar-refractivity contribution in [2.45, 2.75) is 6.54 Å². The predicted octanol–water partition coefficient (Wildman–Crippen LogP) is -0.0148. The number of amides is 2. The van der Waals surface area contributed by atoms with E-state index in [9.17, 15) is 14.4 Å². The number of aliphatic imine (C=N–C) groups is 1. The normalized spacial score (nSPS) is 15.0. The number of nitrogens with one attached hydrogen (secondary N) is 1. The van der Waals surface area contributed by atoms with Crippen molar-refractivity contribution in [1.82, 2.24) is 5.32 Å². The Hall–Kier alpha value is -2.46. The van der Waals surface area contributed by atoms with Crippen LogP contribution in [0.3, 0.4) is 0 Å². The van der Waals surface area contributed by atoms with Gasteiger partial charge in [0.2, 0.25) is 6.08 Å². The fourth-order valence-electron chi connectivity index (χ4n) is 1.77. The van der Waals surface area contributed by atoms with Crippen molar-refractivity contribution in [2.75, 3.05) is 18.0 Å². The zero-order valence-corrected chi connectivity index (χ0v) is 9.55. The van der Waals surface area contributed by atoms with Crippen LogP contribution in [-0.2, 0) is 20.9 Å². The van der Waals surface area contributed by atoms with E-state index in [1.807, 2.05) is 0 Å². The molecule has 0 unspecified atom stereocenters. The van der Waals surface area contributed by atoms with Crippen molar-refractivity contribution >= 4 is 23.6 Å².